The Kier molecular flexibility index (Phi) is 3.93. The molecule has 3 rings (SSSR count). The van der Waals surface area contributed by atoms with Crippen molar-refractivity contribution < 1.29 is 0 Å². The first-order chi connectivity index (χ1) is 10.6. The molecule has 0 bridgehead atoms. The molecule has 22 heavy (non-hydrogen) atoms. The van der Waals surface area contributed by atoms with Gasteiger partial charge in [-0.15, -0.1) is 0 Å². The molecule has 1 aliphatic heterocycles. The maximum absolute atomic E-state index is 2.48. The number of aryl methyl sites for hydroxylation is 1. The van der Waals surface area contributed by atoms with Gasteiger partial charge >= 0.3 is 0 Å². The Bertz CT molecular complexity index is 688. The molecule has 0 fully saturated rings. The average Bonchev–Trinajstić information content (AvgIpc) is 2.80. The predicted octanol–water partition coefficient (Wildman–Crippen LogP) is 4.87. The van der Waals surface area contributed by atoms with E-state index in [1.54, 1.807) is 0 Å². The molecule has 0 N–H and O–H groups in total. The average molecular weight is 292 g/mol. The highest BCUT2D eigenvalue weighted by atomic mass is 15.4. The molecule has 2 heteroatoms. The Morgan fingerprint density at radius 3 is 2.23 bits per heavy atom. The van der Waals surface area contributed by atoms with E-state index in [2.05, 4.69) is 92.2 Å². The van der Waals surface area contributed by atoms with E-state index in [1.807, 2.05) is 0 Å². The maximum Gasteiger partial charge on any atom is 0.103 e. The molecule has 2 aromatic rings. The van der Waals surface area contributed by atoms with Crippen molar-refractivity contribution in [3.05, 3.63) is 71.4 Å². The molecule has 114 valence electrons. The largest absolute Gasteiger partial charge is 0.352 e. The van der Waals surface area contributed by atoms with Gasteiger partial charge in [-0.1, -0.05) is 55.5 Å². The molecule has 0 aromatic heterocycles. The van der Waals surface area contributed by atoms with Crippen LogP contribution in [0, 0.1) is 6.92 Å². The quantitative estimate of drug-likeness (QED) is 0.796. The molecule has 1 heterocycles. The summed E-state index contributed by atoms with van der Waals surface area (Å²) in [5.41, 5.74) is 6.67. The van der Waals surface area contributed by atoms with Crippen LogP contribution in [0.3, 0.4) is 0 Å². The molecule has 0 saturated carbocycles. The molecule has 0 radical (unpaired) electrons. The second-order valence-corrected chi connectivity index (χ2v) is 5.91. The minimum absolute atomic E-state index is 0.325. The third-order valence-corrected chi connectivity index (χ3v) is 4.61. The van der Waals surface area contributed by atoms with Crippen molar-refractivity contribution in [2.75, 3.05) is 11.9 Å². The first kappa shape index (κ1) is 14.7. The molecule has 0 spiro atoms. The van der Waals surface area contributed by atoms with E-state index < -0.39 is 0 Å². The Hall–Kier alpha value is -2.22. The fraction of sp³-hybridized carbons (Fsp3) is 0.300. The number of nitrogens with zero attached hydrogens (tertiary/aromatic N) is 2. The third kappa shape index (κ3) is 2.29. The molecule has 1 atom stereocenters. The van der Waals surface area contributed by atoms with Gasteiger partial charge in [0.1, 0.15) is 6.17 Å². The molecule has 2 aromatic carbocycles. The van der Waals surface area contributed by atoms with Gasteiger partial charge in [0.2, 0.25) is 0 Å². The van der Waals surface area contributed by atoms with Crippen molar-refractivity contribution in [1.82, 2.24) is 4.90 Å². The standard InChI is InChI=1S/C20H24N2/c1-5-18-20(17-12-7-6-8-13-17)21(4)16(3)22(18)19-14-10-9-11-15(19)2/h6-14,16H,5H2,1-4H3. The summed E-state index contributed by atoms with van der Waals surface area (Å²) in [7, 11) is 2.20. The van der Waals surface area contributed by atoms with Gasteiger partial charge in [-0.25, -0.2) is 0 Å². The lowest BCUT2D eigenvalue weighted by atomic mass is 10.1. The predicted molar refractivity (Wildman–Crippen MR) is 94.5 cm³/mol. The van der Waals surface area contributed by atoms with Crippen molar-refractivity contribution in [3.63, 3.8) is 0 Å². The van der Waals surface area contributed by atoms with Gasteiger partial charge in [0.25, 0.3) is 0 Å². The number of allylic oxidation sites excluding steroid dienone is 1. The van der Waals surface area contributed by atoms with Crippen LogP contribution in [-0.2, 0) is 0 Å². The summed E-state index contributed by atoms with van der Waals surface area (Å²) in [6, 6.07) is 19.4. The van der Waals surface area contributed by atoms with Crippen molar-refractivity contribution in [2.24, 2.45) is 0 Å². The number of rotatable bonds is 3. The highest BCUT2D eigenvalue weighted by Crippen LogP contribution is 2.40. The monoisotopic (exact) mass is 292 g/mol. The third-order valence-electron chi connectivity index (χ3n) is 4.61. The zero-order valence-corrected chi connectivity index (χ0v) is 13.9. The fourth-order valence-electron chi connectivity index (χ4n) is 3.39. The lowest BCUT2D eigenvalue weighted by Crippen LogP contribution is -2.36. The topological polar surface area (TPSA) is 6.48 Å². The first-order valence-electron chi connectivity index (χ1n) is 8.01. The van der Waals surface area contributed by atoms with Gasteiger partial charge in [-0.2, -0.15) is 0 Å². The number of hydrogen-bond donors (Lipinski definition) is 0. The van der Waals surface area contributed by atoms with Crippen LogP contribution in [0.4, 0.5) is 5.69 Å². The second kappa shape index (κ2) is 5.88. The summed E-state index contributed by atoms with van der Waals surface area (Å²) < 4.78 is 0. The first-order valence-corrected chi connectivity index (χ1v) is 8.01. The zero-order chi connectivity index (χ0) is 15.7. The number of benzene rings is 2. The molecule has 0 saturated heterocycles. The summed E-state index contributed by atoms with van der Waals surface area (Å²) in [4.78, 5) is 4.87. The van der Waals surface area contributed by atoms with Crippen LogP contribution < -0.4 is 4.90 Å². The summed E-state index contributed by atoms with van der Waals surface area (Å²) in [5.74, 6) is 0. The second-order valence-electron chi connectivity index (χ2n) is 5.91. The highest BCUT2D eigenvalue weighted by Gasteiger charge is 2.34. The van der Waals surface area contributed by atoms with Gasteiger partial charge in [0.05, 0.1) is 5.70 Å². The molecule has 1 unspecified atom stereocenters. The normalized spacial score (nSPS) is 18.3. The summed E-state index contributed by atoms with van der Waals surface area (Å²) in [6.45, 7) is 6.71. The summed E-state index contributed by atoms with van der Waals surface area (Å²) in [6.07, 6.45) is 1.35. The van der Waals surface area contributed by atoms with Gasteiger partial charge in [-0.3, -0.25) is 0 Å². The van der Waals surface area contributed by atoms with E-state index in [4.69, 9.17) is 0 Å². The highest BCUT2D eigenvalue weighted by molar-refractivity contribution is 5.77. The van der Waals surface area contributed by atoms with Crippen LogP contribution in [-0.4, -0.2) is 18.1 Å². The zero-order valence-electron chi connectivity index (χ0n) is 13.9. The molecular formula is C20H24N2. The van der Waals surface area contributed by atoms with Crippen LogP contribution in [0.15, 0.2) is 60.3 Å². The smallest absolute Gasteiger partial charge is 0.103 e. The maximum atomic E-state index is 2.48. The van der Waals surface area contributed by atoms with Gasteiger partial charge < -0.3 is 9.80 Å². The van der Waals surface area contributed by atoms with Crippen LogP contribution in [0.2, 0.25) is 0 Å². The van der Waals surface area contributed by atoms with Crippen LogP contribution in [0.1, 0.15) is 31.4 Å². The van der Waals surface area contributed by atoms with E-state index >= 15 is 0 Å². The van der Waals surface area contributed by atoms with Gasteiger partial charge in [0.15, 0.2) is 0 Å². The Morgan fingerprint density at radius 2 is 1.59 bits per heavy atom. The molecule has 1 aliphatic rings. The lowest BCUT2D eigenvalue weighted by molar-refractivity contribution is 0.398. The van der Waals surface area contributed by atoms with E-state index in [-0.39, 0.29) is 0 Å². The van der Waals surface area contributed by atoms with E-state index in [1.165, 1.54) is 28.2 Å². The van der Waals surface area contributed by atoms with Crippen LogP contribution >= 0.6 is 0 Å². The summed E-state index contributed by atoms with van der Waals surface area (Å²) in [5, 5.41) is 0. The van der Waals surface area contributed by atoms with Crippen molar-refractivity contribution in [3.8, 4) is 0 Å². The Balaban J connectivity index is 2.16. The van der Waals surface area contributed by atoms with Gasteiger partial charge in [0, 0.05) is 18.4 Å². The van der Waals surface area contributed by atoms with E-state index in [0.29, 0.717) is 6.17 Å². The Morgan fingerprint density at radius 1 is 0.955 bits per heavy atom. The molecular weight excluding hydrogens is 268 g/mol. The number of para-hydroxylation sites is 1. The van der Waals surface area contributed by atoms with Crippen molar-refractivity contribution in [2.45, 2.75) is 33.4 Å². The number of anilines is 1. The molecule has 0 aliphatic carbocycles. The minimum atomic E-state index is 0.325. The van der Waals surface area contributed by atoms with Crippen molar-refractivity contribution >= 4 is 11.4 Å². The lowest BCUT2D eigenvalue weighted by Gasteiger charge is -2.31. The van der Waals surface area contributed by atoms with E-state index in [9.17, 15) is 0 Å². The minimum Gasteiger partial charge on any atom is -0.352 e. The van der Waals surface area contributed by atoms with Crippen molar-refractivity contribution in [1.29, 1.82) is 0 Å². The van der Waals surface area contributed by atoms with Crippen LogP contribution in [0.5, 0.6) is 0 Å². The molecule has 0 amide bonds. The SMILES string of the molecule is CCC1=C(c2ccccc2)N(C)C(C)N1c1ccccc1C. The number of hydrogen-bond acceptors (Lipinski definition) is 2. The van der Waals surface area contributed by atoms with E-state index in [0.717, 1.165) is 6.42 Å². The summed E-state index contributed by atoms with van der Waals surface area (Å²) >= 11 is 0. The van der Waals surface area contributed by atoms with Gasteiger partial charge in [-0.05, 0) is 37.5 Å². The van der Waals surface area contributed by atoms with Crippen LogP contribution in [0.25, 0.3) is 5.70 Å². The Labute approximate surface area is 133 Å². The molecule has 2 nitrogen and oxygen atoms in total. The fourth-order valence-corrected chi connectivity index (χ4v) is 3.39.